The fourth-order valence-electron chi connectivity index (χ4n) is 4.76. The Morgan fingerprint density at radius 3 is 2.47 bits per heavy atom. The molecule has 5 aromatic rings. The lowest BCUT2D eigenvalue weighted by molar-refractivity contribution is 0.253. The molecular formula is C28H25FN6O. The third-order valence-electron chi connectivity index (χ3n) is 6.98. The molecule has 0 atom stereocenters. The van der Waals surface area contributed by atoms with Gasteiger partial charge < -0.3 is 16.2 Å². The van der Waals surface area contributed by atoms with Crippen molar-refractivity contribution in [3.8, 4) is 34.1 Å². The van der Waals surface area contributed by atoms with Crippen molar-refractivity contribution in [3.63, 3.8) is 0 Å². The Kier molecular flexibility index (Phi) is 5.19. The van der Waals surface area contributed by atoms with Crippen LogP contribution in [0.25, 0.3) is 39.5 Å². The smallest absolute Gasteiger partial charge is 0.165 e. The highest BCUT2D eigenvalue weighted by Gasteiger charge is 2.34. The van der Waals surface area contributed by atoms with Gasteiger partial charge in [0.1, 0.15) is 22.9 Å². The summed E-state index contributed by atoms with van der Waals surface area (Å²) >= 11 is 0. The molecule has 0 bridgehead atoms. The molecule has 0 amide bonds. The van der Waals surface area contributed by atoms with Gasteiger partial charge in [-0.05, 0) is 79.4 Å². The summed E-state index contributed by atoms with van der Waals surface area (Å²) in [5, 5.41) is 0. The molecule has 8 heteroatoms. The summed E-state index contributed by atoms with van der Waals surface area (Å²) < 4.78 is 22.0. The molecule has 0 aliphatic heterocycles. The predicted octanol–water partition coefficient (Wildman–Crippen LogP) is 5.22. The van der Waals surface area contributed by atoms with Crippen molar-refractivity contribution >= 4 is 17.0 Å². The van der Waals surface area contributed by atoms with E-state index in [0.29, 0.717) is 45.4 Å². The van der Waals surface area contributed by atoms with Gasteiger partial charge in [-0.3, -0.25) is 4.57 Å². The van der Waals surface area contributed by atoms with Crippen LogP contribution in [0.2, 0.25) is 0 Å². The minimum absolute atomic E-state index is 0.262. The lowest BCUT2D eigenvalue weighted by Gasteiger charge is -2.38. The number of ether oxygens (including phenoxy) is 1. The van der Waals surface area contributed by atoms with E-state index in [0.717, 1.165) is 30.5 Å². The summed E-state index contributed by atoms with van der Waals surface area (Å²) in [5.41, 5.74) is 17.2. The number of fused-ring (bicyclic) bond motifs is 1. The number of aromatic nitrogens is 4. The zero-order valence-electron chi connectivity index (χ0n) is 19.8. The number of hydrogen-bond acceptors (Lipinski definition) is 6. The van der Waals surface area contributed by atoms with Crippen molar-refractivity contribution in [2.24, 2.45) is 5.73 Å². The predicted molar refractivity (Wildman–Crippen MR) is 138 cm³/mol. The van der Waals surface area contributed by atoms with Gasteiger partial charge in [0, 0.05) is 23.0 Å². The number of anilines is 1. The van der Waals surface area contributed by atoms with E-state index in [1.165, 1.54) is 6.07 Å². The van der Waals surface area contributed by atoms with Crippen molar-refractivity contribution in [1.82, 2.24) is 19.5 Å². The summed E-state index contributed by atoms with van der Waals surface area (Å²) in [4.78, 5) is 13.9. The Balaban J connectivity index is 1.57. The normalized spacial score (nSPS) is 14.5. The fraction of sp³-hybridized carbons (Fsp3) is 0.179. The summed E-state index contributed by atoms with van der Waals surface area (Å²) in [6, 6.07) is 20.0. The molecule has 1 fully saturated rings. The van der Waals surface area contributed by atoms with Crippen LogP contribution in [0.3, 0.4) is 0 Å². The van der Waals surface area contributed by atoms with Crippen LogP contribution in [0.4, 0.5) is 10.2 Å². The van der Waals surface area contributed by atoms with Crippen molar-refractivity contribution < 1.29 is 9.13 Å². The van der Waals surface area contributed by atoms with E-state index >= 15 is 0 Å². The van der Waals surface area contributed by atoms with Crippen LogP contribution >= 0.6 is 0 Å². The quantitative estimate of drug-likeness (QED) is 0.357. The highest BCUT2D eigenvalue weighted by atomic mass is 19.1. The molecule has 1 aliphatic carbocycles. The summed E-state index contributed by atoms with van der Waals surface area (Å²) in [6.45, 7) is 0. The second-order valence-electron chi connectivity index (χ2n) is 9.15. The lowest BCUT2D eigenvalue weighted by Crippen LogP contribution is -2.43. The minimum Gasteiger partial charge on any atom is -0.497 e. The number of rotatable bonds is 5. The SMILES string of the molecule is COc1ccc(F)c(-c2ccc3nc(-c4cccnc4N)n(-c4ccc(C5(N)CCC5)cc4)c3n2)c1. The molecule has 6 rings (SSSR count). The zero-order chi connectivity index (χ0) is 24.9. The summed E-state index contributed by atoms with van der Waals surface area (Å²) in [5.74, 6) is 1.13. The number of hydrogen-bond donors (Lipinski definition) is 2. The Hall–Kier alpha value is -4.30. The van der Waals surface area contributed by atoms with Crippen molar-refractivity contribution in [3.05, 3.63) is 84.3 Å². The van der Waals surface area contributed by atoms with Gasteiger partial charge in [-0.25, -0.2) is 19.3 Å². The number of pyridine rings is 2. The number of nitrogens with two attached hydrogens (primary N) is 2. The van der Waals surface area contributed by atoms with E-state index < -0.39 is 0 Å². The largest absolute Gasteiger partial charge is 0.497 e. The molecule has 1 aliphatic rings. The number of nitrogen functional groups attached to an aromatic ring is 1. The standard InChI is InChI=1S/C28H25FN6O/c1-36-19-9-10-22(29)21(16-19)23-11-12-24-27(33-23)35(26(34-24)20-4-2-15-32-25(20)30)18-7-5-17(6-8-18)28(31)13-3-14-28/h2,4-12,15-16H,3,13-14,31H2,1H3,(H2,30,32). The average molecular weight is 481 g/mol. The molecule has 3 aromatic heterocycles. The molecule has 1 saturated carbocycles. The zero-order valence-corrected chi connectivity index (χ0v) is 19.8. The van der Waals surface area contributed by atoms with Crippen molar-refractivity contribution in [2.45, 2.75) is 24.8 Å². The molecule has 180 valence electrons. The maximum Gasteiger partial charge on any atom is 0.165 e. The molecule has 3 heterocycles. The molecule has 7 nitrogen and oxygen atoms in total. The average Bonchev–Trinajstić information content (AvgIpc) is 3.26. The Bertz CT molecular complexity index is 1590. The first-order chi connectivity index (χ1) is 17.5. The Morgan fingerprint density at radius 1 is 0.972 bits per heavy atom. The van der Waals surface area contributed by atoms with E-state index in [2.05, 4.69) is 17.1 Å². The van der Waals surface area contributed by atoms with Crippen LogP contribution in [0.15, 0.2) is 72.9 Å². The van der Waals surface area contributed by atoms with Crippen LogP contribution < -0.4 is 16.2 Å². The summed E-state index contributed by atoms with van der Waals surface area (Å²) in [7, 11) is 1.55. The van der Waals surface area contributed by atoms with Gasteiger partial charge in [0.25, 0.3) is 0 Å². The molecule has 36 heavy (non-hydrogen) atoms. The molecule has 4 N–H and O–H groups in total. The van der Waals surface area contributed by atoms with Gasteiger partial charge in [-0.2, -0.15) is 0 Å². The van der Waals surface area contributed by atoms with E-state index in [4.69, 9.17) is 26.2 Å². The fourth-order valence-corrected chi connectivity index (χ4v) is 4.76. The van der Waals surface area contributed by atoms with Gasteiger partial charge >= 0.3 is 0 Å². The molecule has 0 unspecified atom stereocenters. The monoisotopic (exact) mass is 480 g/mol. The van der Waals surface area contributed by atoms with Crippen LogP contribution in [-0.2, 0) is 5.54 Å². The van der Waals surface area contributed by atoms with E-state index in [1.807, 2.05) is 34.9 Å². The maximum absolute atomic E-state index is 14.8. The van der Waals surface area contributed by atoms with Gasteiger partial charge in [-0.15, -0.1) is 0 Å². The van der Waals surface area contributed by atoms with E-state index in [1.54, 1.807) is 31.5 Å². The first-order valence-electron chi connectivity index (χ1n) is 11.8. The van der Waals surface area contributed by atoms with Crippen LogP contribution in [0, 0.1) is 5.82 Å². The van der Waals surface area contributed by atoms with Crippen molar-refractivity contribution in [2.75, 3.05) is 12.8 Å². The highest BCUT2D eigenvalue weighted by Crippen LogP contribution is 2.39. The maximum atomic E-state index is 14.8. The number of halogens is 1. The van der Waals surface area contributed by atoms with Gasteiger partial charge in [0.2, 0.25) is 0 Å². The molecule has 0 spiro atoms. The highest BCUT2D eigenvalue weighted by molar-refractivity contribution is 5.84. The van der Waals surface area contributed by atoms with Crippen LogP contribution in [-0.4, -0.2) is 26.6 Å². The van der Waals surface area contributed by atoms with E-state index in [9.17, 15) is 4.39 Å². The first kappa shape index (κ1) is 22.2. The molecule has 0 radical (unpaired) electrons. The number of benzene rings is 2. The van der Waals surface area contributed by atoms with Crippen LogP contribution in [0.1, 0.15) is 24.8 Å². The third-order valence-corrected chi connectivity index (χ3v) is 6.98. The minimum atomic E-state index is -0.386. The molecule has 2 aromatic carbocycles. The number of nitrogens with zero attached hydrogens (tertiary/aromatic N) is 4. The number of imidazole rings is 1. The Morgan fingerprint density at radius 2 is 1.78 bits per heavy atom. The summed E-state index contributed by atoms with van der Waals surface area (Å²) in [6.07, 6.45) is 4.74. The Labute approximate surface area is 207 Å². The van der Waals surface area contributed by atoms with Gasteiger partial charge in [-0.1, -0.05) is 12.1 Å². The first-order valence-corrected chi connectivity index (χ1v) is 11.8. The van der Waals surface area contributed by atoms with E-state index in [-0.39, 0.29) is 11.4 Å². The van der Waals surface area contributed by atoms with Gasteiger partial charge in [0.05, 0.1) is 18.4 Å². The lowest BCUT2D eigenvalue weighted by atomic mass is 9.73. The third kappa shape index (κ3) is 3.58. The second kappa shape index (κ2) is 8.42. The topological polar surface area (TPSA) is 105 Å². The van der Waals surface area contributed by atoms with Crippen LogP contribution in [0.5, 0.6) is 5.75 Å². The molecule has 0 saturated heterocycles. The second-order valence-corrected chi connectivity index (χ2v) is 9.15. The molecular weight excluding hydrogens is 455 g/mol. The van der Waals surface area contributed by atoms with Gasteiger partial charge in [0.15, 0.2) is 11.5 Å². The van der Waals surface area contributed by atoms with Crippen molar-refractivity contribution in [1.29, 1.82) is 0 Å². The number of methoxy groups -OCH3 is 1.